The number of anilines is 1. The van der Waals surface area contributed by atoms with Gasteiger partial charge in [0.2, 0.25) is 5.91 Å². The van der Waals surface area contributed by atoms with Crippen LogP contribution in [-0.2, 0) is 11.8 Å². The van der Waals surface area contributed by atoms with Gasteiger partial charge in [-0.1, -0.05) is 25.3 Å². The Hall–Kier alpha value is -2.95. The third-order valence-electron chi connectivity index (χ3n) is 6.02. The van der Waals surface area contributed by atoms with Gasteiger partial charge in [-0.25, -0.2) is 0 Å². The molecule has 1 saturated carbocycles. The highest BCUT2D eigenvalue weighted by atomic mass is 16.2. The lowest BCUT2D eigenvalue weighted by Gasteiger charge is -2.21. The van der Waals surface area contributed by atoms with Gasteiger partial charge in [0.1, 0.15) is 0 Å². The fourth-order valence-corrected chi connectivity index (χ4v) is 4.26. The number of hydrogen-bond acceptors (Lipinski definition) is 3. The van der Waals surface area contributed by atoms with Crippen molar-refractivity contribution in [3.63, 3.8) is 0 Å². The van der Waals surface area contributed by atoms with E-state index >= 15 is 0 Å². The second-order valence-electron chi connectivity index (χ2n) is 8.16. The van der Waals surface area contributed by atoms with Gasteiger partial charge in [-0.2, -0.15) is 0 Å². The van der Waals surface area contributed by atoms with Gasteiger partial charge >= 0.3 is 0 Å². The van der Waals surface area contributed by atoms with Gasteiger partial charge in [-0.15, -0.1) is 0 Å². The summed E-state index contributed by atoms with van der Waals surface area (Å²) in [4.78, 5) is 30.1. The molecule has 0 unspecified atom stereocenters. The minimum atomic E-state index is -0.0537. The molecule has 3 aromatic rings. The number of nitrogens with zero attached hydrogens (tertiary/aromatic N) is 2. The first-order valence-electron chi connectivity index (χ1n) is 10.3. The van der Waals surface area contributed by atoms with Crippen LogP contribution < -0.4 is 10.9 Å². The minimum absolute atomic E-state index is 0.0537. The molecule has 0 atom stereocenters. The third kappa shape index (κ3) is 3.82. The number of hydrogen-bond donors (Lipinski definition) is 1. The molecule has 1 aliphatic carbocycles. The molecule has 5 heteroatoms. The van der Waals surface area contributed by atoms with E-state index in [9.17, 15) is 9.59 Å². The maximum atomic E-state index is 13.1. The first-order chi connectivity index (χ1) is 13.9. The Bertz CT molecular complexity index is 1140. The normalized spacial score (nSPS) is 14.9. The van der Waals surface area contributed by atoms with E-state index in [-0.39, 0.29) is 17.4 Å². The van der Waals surface area contributed by atoms with Crippen LogP contribution in [-0.4, -0.2) is 15.5 Å². The lowest BCUT2D eigenvalue weighted by atomic mass is 9.88. The van der Waals surface area contributed by atoms with Crippen LogP contribution in [0.1, 0.15) is 43.4 Å². The van der Waals surface area contributed by atoms with E-state index < -0.39 is 0 Å². The van der Waals surface area contributed by atoms with Gasteiger partial charge in [0.25, 0.3) is 5.56 Å². The molecule has 0 spiro atoms. The predicted octanol–water partition coefficient (Wildman–Crippen LogP) is 4.74. The Morgan fingerprint density at radius 3 is 2.59 bits per heavy atom. The number of aryl methyl sites for hydroxylation is 3. The van der Waals surface area contributed by atoms with Crippen molar-refractivity contribution in [2.24, 2.45) is 13.0 Å². The predicted molar refractivity (Wildman–Crippen MR) is 117 cm³/mol. The highest BCUT2D eigenvalue weighted by Gasteiger charge is 2.21. The average Bonchev–Trinajstić information content (AvgIpc) is 2.73. The van der Waals surface area contributed by atoms with Crippen molar-refractivity contribution < 1.29 is 4.79 Å². The summed E-state index contributed by atoms with van der Waals surface area (Å²) in [7, 11) is 1.79. The van der Waals surface area contributed by atoms with Gasteiger partial charge in [-0.3, -0.25) is 14.6 Å². The molecule has 1 aliphatic rings. The Morgan fingerprint density at radius 2 is 1.83 bits per heavy atom. The number of amides is 1. The smallest absolute Gasteiger partial charge is 0.258 e. The summed E-state index contributed by atoms with van der Waals surface area (Å²) in [5.74, 6) is 0.182. The number of fused-ring (bicyclic) bond motifs is 1. The standard InChI is InChI=1S/C24H27N3O2/c1-15-9-10-19(26-23(28)17-7-5-4-6-8-17)13-20(15)21-12-18-14-25-16(2)11-22(18)27(3)24(21)29/h9-14,17H,4-8H2,1-3H3,(H,26,28). The number of rotatable bonds is 3. The van der Waals surface area contributed by atoms with E-state index in [1.807, 2.05) is 44.2 Å². The third-order valence-corrected chi connectivity index (χ3v) is 6.02. The summed E-state index contributed by atoms with van der Waals surface area (Å²) in [5, 5.41) is 3.99. The van der Waals surface area contributed by atoms with Crippen LogP contribution in [0.5, 0.6) is 0 Å². The zero-order chi connectivity index (χ0) is 20.5. The number of aromatic nitrogens is 2. The lowest BCUT2D eigenvalue weighted by molar-refractivity contribution is -0.120. The van der Waals surface area contributed by atoms with Crippen LogP contribution in [0, 0.1) is 19.8 Å². The molecule has 1 amide bonds. The summed E-state index contributed by atoms with van der Waals surface area (Å²) in [6.45, 7) is 3.90. The maximum Gasteiger partial charge on any atom is 0.258 e. The molecular formula is C24H27N3O2. The zero-order valence-electron chi connectivity index (χ0n) is 17.3. The topological polar surface area (TPSA) is 64.0 Å². The van der Waals surface area contributed by atoms with Crippen LogP contribution in [0.4, 0.5) is 5.69 Å². The molecule has 2 heterocycles. The molecule has 0 aliphatic heterocycles. The second kappa shape index (κ2) is 7.82. The van der Waals surface area contributed by atoms with Crippen molar-refractivity contribution in [1.82, 2.24) is 9.55 Å². The zero-order valence-corrected chi connectivity index (χ0v) is 17.3. The molecule has 1 N–H and O–H groups in total. The van der Waals surface area contributed by atoms with Crippen LogP contribution in [0.25, 0.3) is 22.0 Å². The van der Waals surface area contributed by atoms with Crippen LogP contribution in [0.2, 0.25) is 0 Å². The largest absolute Gasteiger partial charge is 0.326 e. The van der Waals surface area contributed by atoms with Gasteiger partial charge in [0, 0.05) is 41.5 Å². The van der Waals surface area contributed by atoms with E-state index in [1.54, 1.807) is 17.8 Å². The molecular weight excluding hydrogens is 362 g/mol. The summed E-state index contributed by atoms with van der Waals surface area (Å²) in [5.41, 5.74) is 4.89. The first-order valence-corrected chi connectivity index (χ1v) is 10.3. The Labute approximate surface area is 170 Å². The van der Waals surface area contributed by atoms with Crippen molar-refractivity contribution in [2.75, 3.05) is 5.32 Å². The van der Waals surface area contributed by atoms with Crippen LogP contribution in [0.3, 0.4) is 0 Å². The number of benzene rings is 1. The fourth-order valence-electron chi connectivity index (χ4n) is 4.26. The van der Waals surface area contributed by atoms with Gasteiger partial charge in [0.05, 0.1) is 5.52 Å². The second-order valence-corrected chi connectivity index (χ2v) is 8.16. The molecule has 0 radical (unpaired) electrons. The molecule has 1 aromatic carbocycles. The molecule has 4 rings (SSSR count). The molecule has 0 saturated heterocycles. The Morgan fingerprint density at radius 1 is 1.07 bits per heavy atom. The van der Waals surface area contributed by atoms with Crippen molar-refractivity contribution in [3.8, 4) is 11.1 Å². The quantitative estimate of drug-likeness (QED) is 0.704. The Kier molecular flexibility index (Phi) is 5.22. The lowest BCUT2D eigenvalue weighted by Crippen LogP contribution is -2.24. The molecule has 1 fully saturated rings. The van der Waals surface area contributed by atoms with E-state index in [1.165, 1.54) is 6.42 Å². The summed E-state index contributed by atoms with van der Waals surface area (Å²) in [6, 6.07) is 9.62. The van der Waals surface area contributed by atoms with Crippen molar-refractivity contribution >= 4 is 22.5 Å². The molecule has 29 heavy (non-hydrogen) atoms. The summed E-state index contributed by atoms with van der Waals surface area (Å²) >= 11 is 0. The molecule has 0 bridgehead atoms. The maximum absolute atomic E-state index is 13.1. The van der Waals surface area contributed by atoms with Crippen LogP contribution >= 0.6 is 0 Å². The highest BCUT2D eigenvalue weighted by Crippen LogP contribution is 2.29. The number of carbonyl (C=O) groups excluding carboxylic acids is 1. The summed E-state index contributed by atoms with van der Waals surface area (Å²) in [6.07, 6.45) is 7.19. The monoisotopic (exact) mass is 389 g/mol. The molecule has 2 aromatic heterocycles. The van der Waals surface area contributed by atoms with E-state index in [2.05, 4.69) is 10.3 Å². The van der Waals surface area contributed by atoms with Crippen molar-refractivity contribution in [1.29, 1.82) is 0 Å². The first kappa shape index (κ1) is 19.4. The van der Waals surface area contributed by atoms with Gasteiger partial charge < -0.3 is 9.88 Å². The fraction of sp³-hybridized carbons (Fsp3) is 0.375. The van der Waals surface area contributed by atoms with E-state index in [4.69, 9.17) is 0 Å². The minimum Gasteiger partial charge on any atom is -0.326 e. The SMILES string of the molecule is Cc1cc2c(cn1)cc(-c1cc(NC(=O)C3CCCCC3)ccc1C)c(=O)n2C. The van der Waals surface area contributed by atoms with E-state index in [0.29, 0.717) is 5.56 Å². The summed E-state index contributed by atoms with van der Waals surface area (Å²) < 4.78 is 1.67. The number of carbonyl (C=O) groups is 1. The van der Waals surface area contributed by atoms with Crippen molar-refractivity contribution in [3.05, 3.63) is 58.1 Å². The Balaban J connectivity index is 1.73. The average molecular weight is 389 g/mol. The molecule has 5 nitrogen and oxygen atoms in total. The number of nitrogens with one attached hydrogen (secondary N) is 1. The van der Waals surface area contributed by atoms with Crippen LogP contribution in [0.15, 0.2) is 41.3 Å². The highest BCUT2D eigenvalue weighted by molar-refractivity contribution is 5.94. The van der Waals surface area contributed by atoms with Crippen molar-refractivity contribution in [2.45, 2.75) is 46.0 Å². The van der Waals surface area contributed by atoms with Gasteiger partial charge in [0.15, 0.2) is 0 Å². The molecule has 150 valence electrons. The van der Waals surface area contributed by atoms with Gasteiger partial charge in [-0.05, 0) is 62.1 Å². The number of pyridine rings is 2. The van der Waals surface area contributed by atoms with E-state index in [0.717, 1.165) is 59.1 Å².